The van der Waals surface area contributed by atoms with Gasteiger partial charge in [0.05, 0.1) is 13.5 Å². The second-order valence-corrected chi connectivity index (χ2v) is 4.11. The summed E-state index contributed by atoms with van der Waals surface area (Å²) in [6.07, 6.45) is 0.192. The highest BCUT2D eigenvalue weighted by Crippen LogP contribution is 2.12. The van der Waals surface area contributed by atoms with E-state index >= 15 is 0 Å². The van der Waals surface area contributed by atoms with Gasteiger partial charge in [-0.15, -0.1) is 10.2 Å². The number of Topliss-reactive ketones (excluding diaryl/α,β-unsaturated/α-hetero) is 1. The zero-order chi connectivity index (χ0) is 12.4. The van der Waals surface area contributed by atoms with Gasteiger partial charge in [-0.1, -0.05) is 23.8 Å². The average molecular weight is 230 g/mol. The minimum Gasteiger partial charge on any atom is -0.294 e. The number of carbonyl (C=O) groups excluding carboxylic acids is 1. The molecule has 0 spiro atoms. The third-order valence-electron chi connectivity index (χ3n) is 2.55. The summed E-state index contributed by atoms with van der Waals surface area (Å²) in [7, 11) is 1.68. The van der Waals surface area contributed by atoms with Crippen LogP contribution in [0.4, 0.5) is 0 Å². The van der Waals surface area contributed by atoms with Crippen molar-refractivity contribution in [2.45, 2.75) is 20.3 Å². The molecule has 17 heavy (non-hydrogen) atoms. The minimum atomic E-state index is 0.0236. The molecule has 0 atom stereocenters. The molecule has 0 fully saturated rings. The molecule has 0 aliphatic rings. The van der Waals surface area contributed by atoms with Gasteiger partial charge in [0, 0.05) is 5.56 Å². The third-order valence-corrected chi connectivity index (χ3v) is 2.55. The Bertz CT molecular complexity index is 559. The van der Waals surface area contributed by atoms with Crippen LogP contribution in [0.3, 0.4) is 0 Å². The van der Waals surface area contributed by atoms with Crippen LogP contribution < -0.4 is 0 Å². The maximum atomic E-state index is 12.0. The van der Waals surface area contributed by atoms with Gasteiger partial charge in [0.1, 0.15) is 0 Å². The maximum absolute atomic E-state index is 12.0. The lowest BCUT2D eigenvalue weighted by molar-refractivity contribution is 0.0990. The number of hydrogen-bond donors (Lipinski definition) is 0. The summed E-state index contributed by atoms with van der Waals surface area (Å²) in [6.45, 7) is 3.94. The highest BCUT2D eigenvalue weighted by molar-refractivity contribution is 5.98. The number of tetrazole rings is 1. The van der Waals surface area contributed by atoms with E-state index in [9.17, 15) is 4.79 Å². The van der Waals surface area contributed by atoms with E-state index in [0.29, 0.717) is 5.82 Å². The summed E-state index contributed by atoms with van der Waals surface area (Å²) in [6, 6.07) is 5.78. The Morgan fingerprint density at radius 2 is 2.12 bits per heavy atom. The fourth-order valence-corrected chi connectivity index (χ4v) is 1.76. The van der Waals surface area contributed by atoms with Crippen LogP contribution in [0.25, 0.3) is 0 Å². The molecule has 1 heterocycles. The summed E-state index contributed by atoms with van der Waals surface area (Å²) >= 11 is 0. The number of nitrogens with zero attached hydrogens (tertiary/aromatic N) is 4. The van der Waals surface area contributed by atoms with Crippen LogP contribution in [0.2, 0.25) is 0 Å². The Balaban J connectivity index is 2.20. The van der Waals surface area contributed by atoms with Crippen molar-refractivity contribution in [1.29, 1.82) is 0 Å². The highest BCUT2D eigenvalue weighted by Gasteiger charge is 2.12. The average Bonchev–Trinajstić information content (AvgIpc) is 2.63. The number of aromatic nitrogens is 4. The first kappa shape index (κ1) is 11.4. The predicted octanol–water partition coefficient (Wildman–Crippen LogP) is 1.25. The molecule has 0 aliphatic carbocycles. The van der Waals surface area contributed by atoms with E-state index in [4.69, 9.17) is 0 Å². The van der Waals surface area contributed by atoms with Crippen molar-refractivity contribution < 1.29 is 4.79 Å². The summed E-state index contributed by atoms with van der Waals surface area (Å²) in [4.78, 5) is 13.4. The van der Waals surface area contributed by atoms with Gasteiger partial charge in [-0.3, -0.25) is 4.79 Å². The number of carbonyl (C=O) groups is 1. The first-order valence-electron chi connectivity index (χ1n) is 5.39. The fourth-order valence-electron chi connectivity index (χ4n) is 1.76. The molecule has 1 aromatic heterocycles. The smallest absolute Gasteiger partial charge is 0.182 e. The van der Waals surface area contributed by atoms with E-state index < -0.39 is 0 Å². The summed E-state index contributed by atoms with van der Waals surface area (Å²) < 4.78 is 0. The number of hydrogen-bond acceptors (Lipinski definition) is 4. The van der Waals surface area contributed by atoms with Crippen molar-refractivity contribution >= 4 is 5.78 Å². The van der Waals surface area contributed by atoms with Crippen molar-refractivity contribution in [3.8, 4) is 0 Å². The largest absolute Gasteiger partial charge is 0.294 e. The lowest BCUT2D eigenvalue weighted by Crippen LogP contribution is -2.07. The zero-order valence-electron chi connectivity index (χ0n) is 10.1. The number of benzene rings is 1. The van der Waals surface area contributed by atoms with Gasteiger partial charge in [0.2, 0.25) is 0 Å². The van der Waals surface area contributed by atoms with Crippen molar-refractivity contribution in [2.24, 2.45) is 7.05 Å². The van der Waals surface area contributed by atoms with Crippen LogP contribution in [-0.2, 0) is 13.5 Å². The SMILES string of the molecule is Cc1ccc(C(=O)Cc2nnn(C)n2)c(C)c1. The predicted molar refractivity (Wildman–Crippen MR) is 62.7 cm³/mol. The second-order valence-electron chi connectivity index (χ2n) is 4.11. The quantitative estimate of drug-likeness (QED) is 0.744. The van der Waals surface area contributed by atoms with Crippen molar-refractivity contribution in [3.05, 3.63) is 40.7 Å². The molecular weight excluding hydrogens is 216 g/mol. The van der Waals surface area contributed by atoms with Crippen LogP contribution in [0, 0.1) is 13.8 Å². The molecule has 2 aromatic rings. The Labute approximate surface area is 99.5 Å². The molecular formula is C12H14N4O. The summed E-state index contributed by atoms with van der Waals surface area (Å²) in [5, 5.41) is 11.5. The Kier molecular flexibility index (Phi) is 2.99. The molecule has 1 aromatic carbocycles. The summed E-state index contributed by atoms with van der Waals surface area (Å²) in [5.41, 5.74) is 2.86. The van der Waals surface area contributed by atoms with E-state index in [2.05, 4.69) is 15.4 Å². The lowest BCUT2D eigenvalue weighted by Gasteiger charge is -2.04. The number of aryl methyl sites for hydroxylation is 3. The zero-order valence-corrected chi connectivity index (χ0v) is 10.1. The van der Waals surface area contributed by atoms with Crippen molar-refractivity contribution in [1.82, 2.24) is 20.2 Å². The molecule has 0 amide bonds. The van der Waals surface area contributed by atoms with Gasteiger partial charge in [0.15, 0.2) is 11.6 Å². The molecule has 0 N–H and O–H groups in total. The fraction of sp³-hybridized carbons (Fsp3) is 0.333. The third kappa shape index (κ3) is 2.55. The molecule has 5 heteroatoms. The van der Waals surface area contributed by atoms with Crippen LogP contribution in [-0.4, -0.2) is 26.0 Å². The molecule has 0 aliphatic heterocycles. The molecule has 2 rings (SSSR count). The lowest BCUT2D eigenvalue weighted by atomic mass is 10.0. The molecule has 5 nitrogen and oxygen atoms in total. The van der Waals surface area contributed by atoms with Crippen molar-refractivity contribution in [3.63, 3.8) is 0 Å². The molecule has 0 saturated heterocycles. The molecule has 0 radical (unpaired) electrons. The first-order chi connectivity index (χ1) is 8.06. The van der Waals surface area contributed by atoms with Crippen LogP contribution >= 0.6 is 0 Å². The highest BCUT2D eigenvalue weighted by atomic mass is 16.1. The van der Waals surface area contributed by atoms with E-state index in [-0.39, 0.29) is 12.2 Å². The molecule has 0 saturated carbocycles. The van der Waals surface area contributed by atoms with Gasteiger partial charge in [-0.25, -0.2) is 0 Å². The monoisotopic (exact) mass is 230 g/mol. The van der Waals surface area contributed by atoms with Gasteiger partial charge in [-0.05, 0) is 24.6 Å². The Hall–Kier alpha value is -2.04. The number of rotatable bonds is 3. The summed E-state index contributed by atoms with van der Waals surface area (Å²) in [5.74, 6) is 0.480. The topological polar surface area (TPSA) is 60.7 Å². The Morgan fingerprint density at radius 1 is 1.35 bits per heavy atom. The molecule has 0 unspecified atom stereocenters. The van der Waals surface area contributed by atoms with Gasteiger partial charge >= 0.3 is 0 Å². The van der Waals surface area contributed by atoms with E-state index in [1.54, 1.807) is 7.05 Å². The van der Waals surface area contributed by atoms with E-state index in [1.165, 1.54) is 4.80 Å². The minimum absolute atomic E-state index is 0.0236. The van der Waals surface area contributed by atoms with Crippen molar-refractivity contribution in [2.75, 3.05) is 0 Å². The first-order valence-corrected chi connectivity index (χ1v) is 5.39. The van der Waals surface area contributed by atoms with E-state index in [1.807, 2.05) is 32.0 Å². The molecule has 0 bridgehead atoms. The maximum Gasteiger partial charge on any atom is 0.182 e. The van der Waals surface area contributed by atoms with Crippen LogP contribution in [0.5, 0.6) is 0 Å². The number of ketones is 1. The standard InChI is InChI=1S/C12H14N4O/c1-8-4-5-10(9(2)6-8)11(17)7-12-13-15-16(3)14-12/h4-6H,7H2,1-3H3. The second kappa shape index (κ2) is 4.45. The van der Waals surface area contributed by atoms with Crippen LogP contribution in [0.15, 0.2) is 18.2 Å². The molecule has 88 valence electrons. The van der Waals surface area contributed by atoms with Gasteiger partial charge < -0.3 is 0 Å². The Morgan fingerprint density at radius 3 is 2.71 bits per heavy atom. The van der Waals surface area contributed by atoms with E-state index in [0.717, 1.165) is 16.7 Å². The normalized spacial score (nSPS) is 10.5. The van der Waals surface area contributed by atoms with Gasteiger partial charge in [-0.2, -0.15) is 4.80 Å². The van der Waals surface area contributed by atoms with Gasteiger partial charge in [0.25, 0.3) is 0 Å². The van der Waals surface area contributed by atoms with Crippen LogP contribution in [0.1, 0.15) is 27.3 Å².